The van der Waals surface area contributed by atoms with Crippen molar-refractivity contribution in [2.45, 2.75) is 26.9 Å². The van der Waals surface area contributed by atoms with Crippen molar-refractivity contribution >= 4 is 17.5 Å². The summed E-state index contributed by atoms with van der Waals surface area (Å²) in [5.74, 6) is -0.288. The van der Waals surface area contributed by atoms with E-state index < -0.39 is 0 Å². The number of hydrogen-bond acceptors (Lipinski definition) is 3. The minimum atomic E-state index is -0.151. The lowest BCUT2D eigenvalue weighted by molar-refractivity contribution is -0.118. The zero-order chi connectivity index (χ0) is 19.9. The molecule has 0 bridgehead atoms. The Kier molecular flexibility index (Phi) is 6.22. The summed E-state index contributed by atoms with van der Waals surface area (Å²) in [6.07, 6.45) is 3.68. The Morgan fingerprint density at radius 1 is 1.00 bits per heavy atom. The van der Waals surface area contributed by atoms with Crippen molar-refractivity contribution in [2.75, 3.05) is 5.32 Å². The number of carbonyl (C=O) groups excluding carboxylic acids is 2. The van der Waals surface area contributed by atoms with Gasteiger partial charge >= 0.3 is 0 Å². The highest BCUT2D eigenvalue weighted by Gasteiger charge is 2.09. The summed E-state index contributed by atoms with van der Waals surface area (Å²) in [4.78, 5) is 24.0. The zero-order valence-corrected chi connectivity index (χ0v) is 16.1. The molecule has 0 radical (unpaired) electrons. The number of carbonyl (C=O) groups is 2. The van der Waals surface area contributed by atoms with Gasteiger partial charge in [-0.25, -0.2) is 0 Å². The SMILES string of the molecule is CC(C)C(=O)Nc1ccc(C(=O)NCc2ccc(Cn3cccn3)cc2)cc1. The first-order valence-electron chi connectivity index (χ1n) is 9.25. The predicted molar refractivity (Wildman–Crippen MR) is 109 cm³/mol. The van der Waals surface area contributed by atoms with E-state index in [1.165, 1.54) is 0 Å². The molecule has 0 saturated carbocycles. The van der Waals surface area contributed by atoms with Crippen molar-refractivity contribution in [1.82, 2.24) is 15.1 Å². The molecular formula is C22H24N4O2. The topological polar surface area (TPSA) is 76.0 Å². The summed E-state index contributed by atoms with van der Waals surface area (Å²) >= 11 is 0. The highest BCUT2D eigenvalue weighted by Crippen LogP contribution is 2.12. The molecule has 0 atom stereocenters. The summed E-state index contributed by atoms with van der Waals surface area (Å²) in [5.41, 5.74) is 3.41. The molecule has 144 valence electrons. The molecule has 28 heavy (non-hydrogen) atoms. The van der Waals surface area contributed by atoms with Gasteiger partial charge in [0.1, 0.15) is 0 Å². The second-order valence-corrected chi connectivity index (χ2v) is 6.92. The van der Waals surface area contributed by atoms with Crippen molar-refractivity contribution in [1.29, 1.82) is 0 Å². The lowest BCUT2D eigenvalue weighted by atomic mass is 10.1. The molecule has 0 aliphatic rings. The van der Waals surface area contributed by atoms with Crippen LogP contribution in [0.25, 0.3) is 0 Å². The third kappa shape index (κ3) is 5.30. The van der Waals surface area contributed by atoms with E-state index in [9.17, 15) is 9.59 Å². The number of aromatic nitrogens is 2. The van der Waals surface area contributed by atoms with Crippen molar-refractivity contribution in [3.05, 3.63) is 83.7 Å². The van der Waals surface area contributed by atoms with Crippen LogP contribution in [0, 0.1) is 5.92 Å². The Bertz CT molecular complexity index is 914. The van der Waals surface area contributed by atoms with Crippen LogP contribution in [0.2, 0.25) is 0 Å². The molecule has 0 unspecified atom stereocenters. The molecule has 0 fully saturated rings. The molecule has 2 N–H and O–H groups in total. The summed E-state index contributed by atoms with van der Waals surface area (Å²) in [6.45, 7) is 4.84. The highest BCUT2D eigenvalue weighted by atomic mass is 16.2. The molecule has 0 aliphatic heterocycles. The second-order valence-electron chi connectivity index (χ2n) is 6.92. The van der Waals surface area contributed by atoms with Crippen molar-refractivity contribution in [3.8, 4) is 0 Å². The van der Waals surface area contributed by atoms with Crippen LogP contribution < -0.4 is 10.6 Å². The fourth-order valence-electron chi connectivity index (χ4n) is 2.62. The van der Waals surface area contributed by atoms with E-state index in [0.717, 1.165) is 17.7 Å². The van der Waals surface area contributed by atoms with Crippen molar-refractivity contribution in [3.63, 3.8) is 0 Å². The van der Waals surface area contributed by atoms with Gasteiger partial charge in [-0.2, -0.15) is 5.10 Å². The molecule has 0 spiro atoms. The van der Waals surface area contributed by atoms with E-state index in [-0.39, 0.29) is 17.7 Å². The van der Waals surface area contributed by atoms with Gasteiger partial charge in [0.25, 0.3) is 5.91 Å². The Hall–Kier alpha value is -3.41. The van der Waals surface area contributed by atoms with Gasteiger partial charge in [-0.15, -0.1) is 0 Å². The third-order valence-corrected chi connectivity index (χ3v) is 4.32. The molecule has 3 aromatic rings. The normalized spacial score (nSPS) is 10.7. The number of amides is 2. The second kappa shape index (κ2) is 8.99. The van der Waals surface area contributed by atoms with Gasteiger partial charge in [-0.3, -0.25) is 14.3 Å². The fourth-order valence-corrected chi connectivity index (χ4v) is 2.62. The van der Waals surface area contributed by atoms with E-state index in [4.69, 9.17) is 0 Å². The lowest BCUT2D eigenvalue weighted by Gasteiger charge is -2.09. The van der Waals surface area contributed by atoms with Gasteiger partial charge in [-0.05, 0) is 41.5 Å². The first kappa shape index (κ1) is 19.4. The first-order chi connectivity index (χ1) is 13.5. The molecule has 0 saturated heterocycles. The Morgan fingerprint density at radius 2 is 1.68 bits per heavy atom. The number of rotatable bonds is 7. The number of benzene rings is 2. The largest absolute Gasteiger partial charge is 0.348 e. The zero-order valence-electron chi connectivity index (χ0n) is 16.1. The number of anilines is 1. The highest BCUT2D eigenvalue weighted by molar-refractivity contribution is 5.96. The summed E-state index contributed by atoms with van der Waals surface area (Å²) in [7, 11) is 0. The maximum Gasteiger partial charge on any atom is 0.251 e. The van der Waals surface area contributed by atoms with Gasteiger partial charge in [-0.1, -0.05) is 38.1 Å². The van der Waals surface area contributed by atoms with Gasteiger partial charge in [0.15, 0.2) is 0 Å². The molecule has 2 aromatic carbocycles. The summed E-state index contributed by atoms with van der Waals surface area (Å²) < 4.78 is 1.87. The van der Waals surface area contributed by atoms with Gasteiger partial charge in [0.05, 0.1) is 6.54 Å². The number of nitrogens with zero attached hydrogens (tertiary/aromatic N) is 2. The summed E-state index contributed by atoms with van der Waals surface area (Å²) in [5, 5.41) is 9.92. The average molecular weight is 376 g/mol. The van der Waals surface area contributed by atoms with Gasteiger partial charge in [0.2, 0.25) is 5.91 Å². The monoisotopic (exact) mass is 376 g/mol. The van der Waals surface area contributed by atoms with Crippen LogP contribution in [0.5, 0.6) is 0 Å². The van der Waals surface area contributed by atoms with E-state index in [0.29, 0.717) is 17.8 Å². The smallest absolute Gasteiger partial charge is 0.251 e. The van der Waals surface area contributed by atoms with Gasteiger partial charge < -0.3 is 10.6 Å². The van der Waals surface area contributed by atoms with Crippen molar-refractivity contribution < 1.29 is 9.59 Å². The van der Waals surface area contributed by atoms with Crippen LogP contribution >= 0.6 is 0 Å². The summed E-state index contributed by atoms with van der Waals surface area (Å²) in [6, 6.07) is 16.9. The molecule has 6 nitrogen and oxygen atoms in total. The van der Waals surface area contributed by atoms with E-state index in [1.54, 1.807) is 30.5 Å². The fraction of sp³-hybridized carbons (Fsp3) is 0.227. The molecule has 1 aromatic heterocycles. The number of nitrogens with one attached hydrogen (secondary N) is 2. The van der Waals surface area contributed by atoms with Crippen molar-refractivity contribution in [2.24, 2.45) is 5.92 Å². The lowest BCUT2D eigenvalue weighted by Crippen LogP contribution is -2.23. The standard InChI is InChI=1S/C22H24N4O2/c1-16(2)21(27)25-20-10-8-19(9-11-20)22(28)23-14-17-4-6-18(7-5-17)15-26-13-3-12-24-26/h3-13,16H,14-15H2,1-2H3,(H,23,28)(H,25,27). The average Bonchev–Trinajstić information content (AvgIpc) is 3.20. The minimum Gasteiger partial charge on any atom is -0.348 e. The first-order valence-corrected chi connectivity index (χ1v) is 9.25. The van der Waals surface area contributed by atoms with Crippen LogP contribution in [-0.2, 0) is 17.9 Å². The molecule has 2 amide bonds. The molecular weight excluding hydrogens is 352 g/mol. The third-order valence-electron chi connectivity index (χ3n) is 4.32. The Labute approximate surface area is 164 Å². The van der Waals surface area contributed by atoms with E-state index in [1.807, 2.05) is 55.1 Å². The molecule has 6 heteroatoms. The van der Waals surface area contributed by atoms with Gasteiger partial charge in [0, 0.05) is 36.1 Å². The van der Waals surface area contributed by atoms with Crippen LogP contribution in [0.4, 0.5) is 5.69 Å². The van der Waals surface area contributed by atoms with Crippen LogP contribution in [-0.4, -0.2) is 21.6 Å². The maximum absolute atomic E-state index is 12.3. The predicted octanol–water partition coefficient (Wildman–Crippen LogP) is 3.46. The Balaban J connectivity index is 1.51. The number of hydrogen-bond donors (Lipinski definition) is 2. The van der Waals surface area contributed by atoms with E-state index >= 15 is 0 Å². The van der Waals surface area contributed by atoms with E-state index in [2.05, 4.69) is 15.7 Å². The quantitative estimate of drug-likeness (QED) is 0.663. The van der Waals surface area contributed by atoms with Crippen LogP contribution in [0.15, 0.2) is 67.0 Å². The molecule has 3 rings (SSSR count). The molecule has 0 aliphatic carbocycles. The minimum absolute atomic E-state index is 0.0480. The molecule has 1 heterocycles. The maximum atomic E-state index is 12.3. The van der Waals surface area contributed by atoms with Crippen LogP contribution in [0.3, 0.4) is 0 Å². The van der Waals surface area contributed by atoms with Crippen LogP contribution in [0.1, 0.15) is 35.3 Å². The Morgan fingerprint density at radius 3 is 2.29 bits per heavy atom.